The number of quaternary nitrogens is 1. The van der Waals surface area contributed by atoms with E-state index in [2.05, 4.69) is 31.3 Å². The molecule has 66 valence electrons. The summed E-state index contributed by atoms with van der Waals surface area (Å²) in [6.45, 7) is 1.94. The highest BCUT2D eigenvalue weighted by atomic mass is 79.9. The van der Waals surface area contributed by atoms with Crippen LogP contribution in [0.5, 0.6) is 0 Å². The number of rotatable bonds is 0. The van der Waals surface area contributed by atoms with Crippen LogP contribution in [0.4, 0.5) is 0 Å². The predicted octanol–water partition coefficient (Wildman–Crippen LogP) is -1.98. The van der Waals surface area contributed by atoms with E-state index in [0.717, 1.165) is 13.1 Å². The van der Waals surface area contributed by atoms with Gasteiger partial charge in [0.05, 0.1) is 7.05 Å². The summed E-state index contributed by atoms with van der Waals surface area (Å²) in [5.74, 6) is 5.97. The Hall–Kier alpha value is -0.380. The van der Waals surface area contributed by atoms with Crippen molar-refractivity contribution in [3.63, 3.8) is 0 Å². The second kappa shape index (κ2) is 3.17. The van der Waals surface area contributed by atoms with Crippen LogP contribution < -0.4 is 22.8 Å². The SMILES string of the molecule is C[N+]1(N)Cc2ccccc2C1.[Br-]. The smallest absolute Gasteiger partial charge is 0.122 e. The molecule has 0 bridgehead atoms. The van der Waals surface area contributed by atoms with E-state index < -0.39 is 0 Å². The molecule has 0 amide bonds. The molecule has 0 aliphatic carbocycles. The number of benzene rings is 1. The van der Waals surface area contributed by atoms with Gasteiger partial charge in [0, 0.05) is 11.1 Å². The highest BCUT2D eigenvalue weighted by Crippen LogP contribution is 2.23. The highest BCUT2D eigenvalue weighted by molar-refractivity contribution is 5.27. The molecule has 0 atom stereocenters. The topological polar surface area (TPSA) is 26.0 Å². The molecule has 1 aliphatic rings. The van der Waals surface area contributed by atoms with E-state index in [4.69, 9.17) is 5.84 Å². The summed E-state index contributed by atoms with van der Waals surface area (Å²) in [7, 11) is 2.06. The summed E-state index contributed by atoms with van der Waals surface area (Å²) in [5.41, 5.74) is 2.80. The van der Waals surface area contributed by atoms with Crippen molar-refractivity contribution in [2.45, 2.75) is 13.1 Å². The Morgan fingerprint density at radius 3 is 2.00 bits per heavy atom. The van der Waals surface area contributed by atoms with E-state index in [1.165, 1.54) is 11.1 Å². The van der Waals surface area contributed by atoms with Gasteiger partial charge in [-0.05, 0) is 0 Å². The average molecular weight is 229 g/mol. The minimum absolute atomic E-state index is 0. The molecule has 0 radical (unpaired) electrons. The number of hydrogen-bond acceptors (Lipinski definition) is 1. The van der Waals surface area contributed by atoms with E-state index >= 15 is 0 Å². The van der Waals surface area contributed by atoms with Crippen molar-refractivity contribution in [2.24, 2.45) is 5.84 Å². The molecule has 12 heavy (non-hydrogen) atoms. The lowest BCUT2D eigenvalue weighted by atomic mass is 10.1. The van der Waals surface area contributed by atoms with Gasteiger partial charge in [-0.2, -0.15) is 5.84 Å². The summed E-state index contributed by atoms with van der Waals surface area (Å²) >= 11 is 0. The maximum atomic E-state index is 5.97. The predicted molar refractivity (Wildman–Crippen MR) is 44.2 cm³/mol. The van der Waals surface area contributed by atoms with Gasteiger partial charge in [-0.3, -0.25) is 0 Å². The van der Waals surface area contributed by atoms with E-state index in [1.807, 2.05) is 0 Å². The van der Waals surface area contributed by atoms with Crippen LogP contribution in [0, 0.1) is 0 Å². The first kappa shape index (κ1) is 9.71. The van der Waals surface area contributed by atoms with Gasteiger partial charge in [0.25, 0.3) is 0 Å². The maximum absolute atomic E-state index is 5.97. The Balaban J connectivity index is 0.000000720. The number of fused-ring (bicyclic) bond motifs is 1. The zero-order valence-electron chi connectivity index (χ0n) is 7.13. The summed E-state index contributed by atoms with van der Waals surface area (Å²) in [4.78, 5) is 0. The Morgan fingerprint density at radius 2 is 1.58 bits per heavy atom. The van der Waals surface area contributed by atoms with E-state index in [1.54, 1.807) is 0 Å². The van der Waals surface area contributed by atoms with Crippen LogP contribution >= 0.6 is 0 Å². The quantitative estimate of drug-likeness (QED) is 0.405. The third-order valence-corrected chi connectivity index (χ3v) is 2.18. The van der Waals surface area contributed by atoms with Gasteiger partial charge < -0.3 is 17.0 Å². The third kappa shape index (κ3) is 1.68. The number of hydrogen-bond donors (Lipinski definition) is 1. The van der Waals surface area contributed by atoms with E-state index in [9.17, 15) is 0 Å². The molecular weight excluding hydrogens is 216 g/mol. The highest BCUT2D eigenvalue weighted by Gasteiger charge is 2.27. The second-order valence-corrected chi connectivity index (χ2v) is 3.56. The van der Waals surface area contributed by atoms with Crippen molar-refractivity contribution in [3.05, 3.63) is 35.4 Å². The Labute approximate surface area is 83.3 Å². The van der Waals surface area contributed by atoms with Gasteiger partial charge in [-0.25, -0.2) is 4.59 Å². The standard InChI is InChI=1S/C9H13N2.BrH/c1-11(10)6-8-4-2-3-5-9(8)7-11;/h2-5H,6-7,10H2,1H3;1H/q+1;/p-1. The minimum Gasteiger partial charge on any atom is -1.00 e. The van der Waals surface area contributed by atoms with Gasteiger partial charge in [-0.15, -0.1) is 0 Å². The number of nitrogens with zero attached hydrogens (tertiary/aromatic N) is 1. The first-order chi connectivity index (χ1) is 5.17. The summed E-state index contributed by atoms with van der Waals surface area (Å²) in [6, 6.07) is 8.46. The van der Waals surface area contributed by atoms with Crippen LogP contribution in [-0.2, 0) is 13.1 Å². The lowest BCUT2D eigenvalue weighted by Gasteiger charge is -2.20. The molecule has 0 fully saturated rings. The first-order valence-electron chi connectivity index (χ1n) is 3.87. The molecule has 2 nitrogen and oxygen atoms in total. The van der Waals surface area contributed by atoms with E-state index in [-0.39, 0.29) is 17.0 Å². The van der Waals surface area contributed by atoms with Gasteiger partial charge in [0.1, 0.15) is 13.1 Å². The largest absolute Gasteiger partial charge is 1.00 e. The minimum atomic E-state index is 0. The molecule has 0 unspecified atom stereocenters. The third-order valence-electron chi connectivity index (χ3n) is 2.18. The second-order valence-electron chi connectivity index (χ2n) is 3.56. The molecule has 1 heterocycles. The van der Waals surface area contributed by atoms with Crippen molar-refractivity contribution in [1.82, 2.24) is 0 Å². The van der Waals surface area contributed by atoms with Crippen LogP contribution in [0.3, 0.4) is 0 Å². The van der Waals surface area contributed by atoms with Crippen molar-refractivity contribution < 1.29 is 21.6 Å². The normalized spacial score (nSPS) is 18.2. The molecule has 2 rings (SSSR count). The van der Waals surface area contributed by atoms with E-state index in [0.29, 0.717) is 4.59 Å². The Kier molecular flexibility index (Phi) is 2.56. The van der Waals surface area contributed by atoms with Gasteiger partial charge in [0.15, 0.2) is 0 Å². The molecular formula is C9H13BrN2. The van der Waals surface area contributed by atoms with Crippen LogP contribution in [0.15, 0.2) is 24.3 Å². The maximum Gasteiger partial charge on any atom is 0.122 e. The average Bonchev–Trinajstić information content (AvgIpc) is 2.21. The zero-order valence-corrected chi connectivity index (χ0v) is 8.71. The fraction of sp³-hybridized carbons (Fsp3) is 0.333. The molecule has 2 N–H and O–H groups in total. The van der Waals surface area contributed by atoms with Gasteiger partial charge >= 0.3 is 0 Å². The van der Waals surface area contributed by atoms with Crippen LogP contribution in [0.1, 0.15) is 11.1 Å². The van der Waals surface area contributed by atoms with Crippen LogP contribution in [-0.4, -0.2) is 11.6 Å². The molecule has 0 saturated heterocycles. The number of nitrogens with two attached hydrogens (primary N) is 1. The molecule has 3 heteroatoms. The van der Waals surface area contributed by atoms with Crippen molar-refractivity contribution in [2.75, 3.05) is 7.05 Å². The van der Waals surface area contributed by atoms with Crippen molar-refractivity contribution >= 4 is 0 Å². The summed E-state index contributed by atoms with van der Waals surface area (Å²) in [5, 5.41) is 0. The monoisotopic (exact) mass is 228 g/mol. The Bertz CT molecular complexity index is 257. The van der Waals surface area contributed by atoms with Crippen LogP contribution in [0.2, 0.25) is 0 Å². The van der Waals surface area contributed by atoms with Gasteiger partial charge in [0.2, 0.25) is 0 Å². The summed E-state index contributed by atoms with van der Waals surface area (Å²) in [6.07, 6.45) is 0. The molecule has 1 aliphatic heterocycles. The molecule has 0 spiro atoms. The molecule has 1 aromatic carbocycles. The fourth-order valence-corrected chi connectivity index (χ4v) is 1.70. The fourth-order valence-electron chi connectivity index (χ4n) is 1.70. The van der Waals surface area contributed by atoms with Gasteiger partial charge in [-0.1, -0.05) is 24.3 Å². The molecule has 0 aromatic heterocycles. The molecule has 0 saturated carbocycles. The summed E-state index contributed by atoms with van der Waals surface area (Å²) < 4.78 is 0.610. The first-order valence-corrected chi connectivity index (χ1v) is 3.87. The molecule has 1 aromatic rings. The lowest BCUT2D eigenvalue weighted by molar-refractivity contribution is -0.940. The van der Waals surface area contributed by atoms with Crippen LogP contribution in [0.25, 0.3) is 0 Å². The van der Waals surface area contributed by atoms with Crippen molar-refractivity contribution in [3.8, 4) is 0 Å². The van der Waals surface area contributed by atoms with Crippen molar-refractivity contribution in [1.29, 1.82) is 0 Å². The lowest BCUT2D eigenvalue weighted by Crippen LogP contribution is -3.00. The zero-order chi connectivity index (χ0) is 7.90. The number of halogens is 1. The Morgan fingerprint density at radius 1 is 1.17 bits per heavy atom.